The van der Waals surface area contributed by atoms with E-state index >= 15 is 0 Å². The molecule has 150 valence electrons. The number of benzene rings is 1. The van der Waals surface area contributed by atoms with E-state index in [2.05, 4.69) is 10.6 Å². The van der Waals surface area contributed by atoms with Crippen LogP contribution in [0.3, 0.4) is 0 Å². The van der Waals surface area contributed by atoms with Gasteiger partial charge in [-0.2, -0.15) is 4.31 Å². The summed E-state index contributed by atoms with van der Waals surface area (Å²) >= 11 is 0. The van der Waals surface area contributed by atoms with Gasteiger partial charge in [0.05, 0.1) is 18.0 Å². The van der Waals surface area contributed by atoms with Crippen LogP contribution in [0.5, 0.6) is 0 Å². The lowest BCUT2D eigenvalue weighted by molar-refractivity contribution is -0.140. The molecule has 0 radical (unpaired) electrons. The maximum atomic E-state index is 13.3. The van der Waals surface area contributed by atoms with Gasteiger partial charge in [0.2, 0.25) is 10.0 Å². The summed E-state index contributed by atoms with van der Waals surface area (Å²) in [6.07, 6.45) is -0.300. The average molecular weight is 397 g/mol. The molecule has 1 fully saturated rings. The Bertz CT molecular complexity index is 799. The number of carbonyl (C=O) groups is 2. The zero-order valence-electron chi connectivity index (χ0n) is 16.2. The summed E-state index contributed by atoms with van der Waals surface area (Å²) in [5, 5.41) is 4.84. The molecule has 1 aromatic rings. The lowest BCUT2D eigenvalue weighted by Crippen LogP contribution is -2.53. The molecule has 0 saturated carbocycles. The van der Waals surface area contributed by atoms with Crippen LogP contribution in [-0.2, 0) is 24.3 Å². The van der Waals surface area contributed by atoms with Crippen molar-refractivity contribution in [3.63, 3.8) is 0 Å². The minimum absolute atomic E-state index is 0.0981. The fraction of sp³-hybridized carbons (Fsp3) is 0.556. The molecule has 0 bridgehead atoms. The Morgan fingerprint density at radius 3 is 2.33 bits per heavy atom. The SMILES string of the molecule is CCNC(=O)C(=O)NC[C@H]1OCCCN1S(=O)(=O)c1c(C)cc(C)cc1C. The number of ether oxygens (including phenoxy) is 1. The molecule has 8 nitrogen and oxygen atoms in total. The van der Waals surface area contributed by atoms with Gasteiger partial charge in [-0.05, 0) is 45.2 Å². The molecule has 9 heteroatoms. The zero-order chi connectivity index (χ0) is 20.2. The molecule has 1 atom stereocenters. The van der Waals surface area contributed by atoms with Crippen molar-refractivity contribution in [2.75, 3.05) is 26.2 Å². The Morgan fingerprint density at radius 2 is 1.74 bits per heavy atom. The lowest BCUT2D eigenvalue weighted by Gasteiger charge is -2.35. The first-order chi connectivity index (χ1) is 12.7. The summed E-state index contributed by atoms with van der Waals surface area (Å²) in [6, 6.07) is 3.66. The average Bonchev–Trinajstić information content (AvgIpc) is 2.58. The number of rotatable bonds is 5. The van der Waals surface area contributed by atoms with Gasteiger partial charge in [-0.3, -0.25) is 9.59 Å². The van der Waals surface area contributed by atoms with Crippen LogP contribution in [0.4, 0.5) is 0 Å². The van der Waals surface area contributed by atoms with Crippen LogP contribution < -0.4 is 10.6 Å². The van der Waals surface area contributed by atoms with Crippen molar-refractivity contribution in [2.45, 2.75) is 45.2 Å². The van der Waals surface area contributed by atoms with Gasteiger partial charge in [0, 0.05) is 13.1 Å². The van der Waals surface area contributed by atoms with Crippen LogP contribution in [0.15, 0.2) is 17.0 Å². The van der Waals surface area contributed by atoms with Crippen molar-refractivity contribution in [3.8, 4) is 0 Å². The van der Waals surface area contributed by atoms with Crippen LogP contribution in [0.2, 0.25) is 0 Å². The quantitative estimate of drug-likeness (QED) is 0.708. The summed E-state index contributed by atoms with van der Waals surface area (Å²) in [6.45, 7) is 8.07. The third-order valence-corrected chi connectivity index (χ3v) is 6.50. The highest BCUT2D eigenvalue weighted by Crippen LogP contribution is 2.28. The van der Waals surface area contributed by atoms with Gasteiger partial charge in [-0.25, -0.2) is 8.42 Å². The highest BCUT2D eigenvalue weighted by Gasteiger charge is 2.36. The molecule has 2 amide bonds. The highest BCUT2D eigenvalue weighted by atomic mass is 32.2. The maximum Gasteiger partial charge on any atom is 0.309 e. The maximum absolute atomic E-state index is 13.3. The second kappa shape index (κ2) is 8.81. The molecule has 0 aromatic heterocycles. The van der Waals surface area contributed by atoms with E-state index in [1.807, 2.05) is 19.1 Å². The van der Waals surface area contributed by atoms with Gasteiger partial charge in [0.1, 0.15) is 6.23 Å². The minimum atomic E-state index is -3.81. The van der Waals surface area contributed by atoms with Crippen LogP contribution in [-0.4, -0.2) is 57.0 Å². The zero-order valence-corrected chi connectivity index (χ0v) is 17.0. The summed E-state index contributed by atoms with van der Waals surface area (Å²) in [5.74, 6) is -1.57. The number of sulfonamides is 1. The topological polar surface area (TPSA) is 105 Å². The molecule has 2 rings (SSSR count). The van der Waals surface area contributed by atoms with E-state index in [0.29, 0.717) is 30.7 Å². The van der Waals surface area contributed by atoms with Crippen molar-refractivity contribution in [1.82, 2.24) is 14.9 Å². The number of hydrogen-bond donors (Lipinski definition) is 2. The molecule has 2 N–H and O–H groups in total. The molecule has 1 heterocycles. The Morgan fingerprint density at radius 1 is 1.15 bits per heavy atom. The predicted octanol–water partition coefficient (Wildman–Crippen LogP) is 0.601. The van der Waals surface area contributed by atoms with Crippen LogP contribution >= 0.6 is 0 Å². The van der Waals surface area contributed by atoms with E-state index in [1.165, 1.54) is 4.31 Å². The second-order valence-corrected chi connectivity index (χ2v) is 8.42. The Kier molecular flexibility index (Phi) is 6.96. The third kappa shape index (κ3) is 4.85. The number of hydrogen-bond acceptors (Lipinski definition) is 5. The highest BCUT2D eigenvalue weighted by molar-refractivity contribution is 7.89. The first-order valence-corrected chi connectivity index (χ1v) is 10.4. The van der Waals surface area contributed by atoms with Crippen LogP contribution in [0.1, 0.15) is 30.0 Å². The van der Waals surface area contributed by atoms with Crippen molar-refractivity contribution in [2.24, 2.45) is 0 Å². The predicted molar refractivity (Wildman–Crippen MR) is 101 cm³/mol. The summed E-state index contributed by atoms with van der Waals surface area (Å²) in [5.41, 5.74) is 2.33. The fourth-order valence-electron chi connectivity index (χ4n) is 3.29. The molecule has 1 aromatic carbocycles. The fourth-order valence-corrected chi connectivity index (χ4v) is 5.28. The Hall–Kier alpha value is -1.97. The lowest BCUT2D eigenvalue weighted by atomic mass is 10.1. The van der Waals surface area contributed by atoms with Crippen molar-refractivity contribution < 1.29 is 22.7 Å². The number of amides is 2. The van der Waals surface area contributed by atoms with E-state index in [-0.39, 0.29) is 18.0 Å². The molecule has 27 heavy (non-hydrogen) atoms. The van der Waals surface area contributed by atoms with Gasteiger partial charge in [0.15, 0.2) is 0 Å². The molecule has 0 spiro atoms. The monoisotopic (exact) mass is 397 g/mol. The normalized spacial score (nSPS) is 18.1. The van der Waals surface area contributed by atoms with Gasteiger partial charge >= 0.3 is 11.8 Å². The number of likely N-dealkylation sites (N-methyl/N-ethyl adjacent to an activating group) is 1. The largest absolute Gasteiger partial charge is 0.360 e. The van der Waals surface area contributed by atoms with Crippen LogP contribution in [0.25, 0.3) is 0 Å². The smallest absolute Gasteiger partial charge is 0.309 e. The van der Waals surface area contributed by atoms with E-state index in [4.69, 9.17) is 4.74 Å². The number of nitrogens with one attached hydrogen (secondary N) is 2. The number of carbonyl (C=O) groups excluding carboxylic acids is 2. The standard InChI is InChI=1S/C18H27N3O5S/c1-5-19-17(22)18(23)20-11-15-21(7-6-8-26-15)27(24,25)16-13(3)9-12(2)10-14(16)4/h9-10,15H,5-8,11H2,1-4H3,(H,19,22)(H,20,23)/t15-/m1/s1. The molecule has 0 aliphatic carbocycles. The number of nitrogens with zero attached hydrogens (tertiary/aromatic N) is 1. The van der Waals surface area contributed by atoms with E-state index < -0.39 is 28.1 Å². The molecule has 1 saturated heterocycles. The van der Waals surface area contributed by atoms with Gasteiger partial charge in [0.25, 0.3) is 0 Å². The molecule has 1 aliphatic rings. The third-order valence-electron chi connectivity index (χ3n) is 4.31. The van der Waals surface area contributed by atoms with E-state index in [9.17, 15) is 18.0 Å². The van der Waals surface area contributed by atoms with Gasteiger partial charge in [-0.1, -0.05) is 17.7 Å². The van der Waals surface area contributed by atoms with Crippen LogP contribution in [0, 0.1) is 20.8 Å². The van der Waals surface area contributed by atoms with Crippen molar-refractivity contribution in [1.29, 1.82) is 0 Å². The summed E-state index contributed by atoms with van der Waals surface area (Å²) in [4.78, 5) is 23.6. The minimum Gasteiger partial charge on any atom is -0.360 e. The molecular weight excluding hydrogens is 370 g/mol. The van der Waals surface area contributed by atoms with Gasteiger partial charge in [-0.15, -0.1) is 0 Å². The molecular formula is C18H27N3O5S. The Labute approximate surface area is 160 Å². The second-order valence-electron chi connectivity index (χ2n) is 6.59. The molecule has 0 unspecified atom stereocenters. The summed E-state index contributed by atoms with van der Waals surface area (Å²) in [7, 11) is -3.81. The first-order valence-electron chi connectivity index (χ1n) is 8.95. The first kappa shape index (κ1) is 21.3. The number of aryl methyl sites for hydroxylation is 3. The van der Waals surface area contributed by atoms with E-state index in [1.54, 1.807) is 20.8 Å². The van der Waals surface area contributed by atoms with E-state index in [0.717, 1.165) is 5.56 Å². The van der Waals surface area contributed by atoms with Gasteiger partial charge < -0.3 is 15.4 Å². The Balaban J connectivity index is 2.24. The van der Waals surface area contributed by atoms with Crippen molar-refractivity contribution in [3.05, 3.63) is 28.8 Å². The van der Waals surface area contributed by atoms with Crippen molar-refractivity contribution >= 4 is 21.8 Å². The summed E-state index contributed by atoms with van der Waals surface area (Å²) < 4.78 is 33.4. The molecule has 1 aliphatic heterocycles.